The molecule has 0 spiro atoms. The van der Waals surface area contributed by atoms with Gasteiger partial charge in [-0.15, -0.1) is 0 Å². The van der Waals surface area contributed by atoms with Crippen molar-refractivity contribution in [2.75, 3.05) is 0 Å². The number of aryl methyl sites for hydroxylation is 1. The molecule has 8 rings (SSSR count). The zero-order valence-corrected chi connectivity index (χ0v) is 21.8. The molecule has 0 aliphatic rings. The molecule has 8 aromatic rings. The lowest BCUT2D eigenvalue weighted by molar-refractivity contribution is 1.51. The summed E-state index contributed by atoms with van der Waals surface area (Å²) in [5, 5.41) is 12.9. The van der Waals surface area contributed by atoms with Gasteiger partial charge < -0.3 is 0 Å². The Hall–Kier alpha value is -4.94. The van der Waals surface area contributed by atoms with Crippen LogP contribution in [0, 0.1) is 6.92 Å². The van der Waals surface area contributed by atoms with Crippen LogP contribution in [0.3, 0.4) is 0 Å². The van der Waals surface area contributed by atoms with Crippen LogP contribution in [0.25, 0.3) is 76.1 Å². The Kier molecular flexibility index (Phi) is 4.84. The maximum atomic E-state index is 2.42. The Labute approximate surface area is 227 Å². The van der Waals surface area contributed by atoms with Crippen LogP contribution < -0.4 is 0 Å². The zero-order valence-electron chi connectivity index (χ0n) is 21.8. The van der Waals surface area contributed by atoms with Crippen molar-refractivity contribution in [2.45, 2.75) is 6.92 Å². The van der Waals surface area contributed by atoms with Crippen molar-refractivity contribution in [1.82, 2.24) is 0 Å². The number of benzene rings is 8. The highest BCUT2D eigenvalue weighted by Gasteiger charge is 2.15. The van der Waals surface area contributed by atoms with E-state index < -0.39 is 0 Å². The summed E-state index contributed by atoms with van der Waals surface area (Å²) in [6, 6.07) is 51.6. The van der Waals surface area contributed by atoms with Gasteiger partial charge in [0, 0.05) is 0 Å². The molecule has 0 heterocycles. The number of rotatable bonds is 2. The molecule has 0 heteroatoms. The highest BCUT2D eigenvalue weighted by Crippen LogP contribution is 2.42. The molecular weight excluding hydrogens is 468 g/mol. The second kappa shape index (κ2) is 8.55. The lowest BCUT2D eigenvalue weighted by Crippen LogP contribution is -1.90. The van der Waals surface area contributed by atoms with Crippen molar-refractivity contribution in [1.29, 1.82) is 0 Å². The standard InChI is InChI=1S/C39H26/c1-25-14-19-34-36(31-18-16-27-9-3-5-11-29(27)22-31)23-38-33-13-7-6-12-32(33)35(24-39(38)37(34)20-25)30-17-15-26-8-2-4-10-28(26)21-30/h2-24H,1H3. The molecule has 182 valence electrons. The first-order valence-electron chi connectivity index (χ1n) is 13.6. The van der Waals surface area contributed by atoms with Crippen molar-refractivity contribution in [3.05, 3.63) is 145 Å². The van der Waals surface area contributed by atoms with Gasteiger partial charge in [-0.3, -0.25) is 0 Å². The topological polar surface area (TPSA) is 0 Å². The molecule has 0 fully saturated rings. The van der Waals surface area contributed by atoms with E-state index in [1.807, 2.05) is 0 Å². The SMILES string of the molecule is Cc1ccc2c(-c3ccc4ccccc4c3)cc3c4ccccc4c(-c4ccc5ccccc5c4)cc3c2c1. The maximum absolute atomic E-state index is 2.42. The number of hydrogen-bond donors (Lipinski definition) is 0. The van der Waals surface area contributed by atoms with E-state index in [0.29, 0.717) is 0 Å². The molecular formula is C39H26. The number of hydrogen-bond acceptors (Lipinski definition) is 0. The summed E-state index contributed by atoms with van der Waals surface area (Å²) >= 11 is 0. The van der Waals surface area contributed by atoms with Crippen molar-refractivity contribution in [3.63, 3.8) is 0 Å². The van der Waals surface area contributed by atoms with Gasteiger partial charge in [0.15, 0.2) is 0 Å². The van der Waals surface area contributed by atoms with Crippen LogP contribution in [0.2, 0.25) is 0 Å². The Morgan fingerprint density at radius 3 is 1.38 bits per heavy atom. The summed E-state index contributed by atoms with van der Waals surface area (Å²) in [6.07, 6.45) is 0. The molecule has 0 nitrogen and oxygen atoms in total. The van der Waals surface area contributed by atoms with E-state index in [0.717, 1.165) is 0 Å². The Morgan fingerprint density at radius 2 is 0.769 bits per heavy atom. The first-order chi connectivity index (χ1) is 19.2. The van der Waals surface area contributed by atoms with E-state index in [-0.39, 0.29) is 0 Å². The van der Waals surface area contributed by atoms with Gasteiger partial charge in [0.25, 0.3) is 0 Å². The van der Waals surface area contributed by atoms with Crippen LogP contribution in [-0.4, -0.2) is 0 Å². The van der Waals surface area contributed by atoms with Gasteiger partial charge in [0.05, 0.1) is 0 Å². The van der Waals surface area contributed by atoms with Gasteiger partial charge in [-0.1, -0.05) is 121 Å². The van der Waals surface area contributed by atoms with Gasteiger partial charge in [0.2, 0.25) is 0 Å². The van der Waals surface area contributed by atoms with Crippen LogP contribution >= 0.6 is 0 Å². The minimum atomic E-state index is 1.26. The molecule has 0 N–H and O–H groups in total. The van der Waals surface area contributed by atoms with Crippen LogP contribution in [0.15, 0.2) is 140 Å². The summed E-state index contributed by atoms with van der Waals surface area (Å²) in [5.74, 6) is 0. The predicted molar refractivity (Wildman–Crippen MR) is 170 cm³/mol. The summed E-state index contributed by atoms with van der Waals surface area (Å²) in [5.41, 5.74) is 6.36. The first kappa shape index (κ1) is 22.1. The zero-order chi connectivity index (χ0) is 25.9. The van der Waals surface area contributed by atoms with Crippen LogP contribution in [-0.2, 0) is 0 Å². The number of fused-ring (bicyclic) bond motifs is 7. The highest BCUT2D eigenvalue weighted by molar-refractivity contribution is 6.24. The van der Waals surface area contributed by atoms with Gasteiger partial charge in [-0.05, 0) is 107 Å². The minimum absolute atomic E-state index is 1.26. The van der Waals surface area contributed by atoms with Crippen molar-refractivity contribution >= 4 is 53.9 Å². The molecule has 0 aromatic heterocycles. The Morgan fingerprint density at radius 1 is 0.308 bits per heavy atom. The molecule has 0 bridgehead atoms. The van der Waals surface area contributed by atoms with Gasteiger partial charge >= 0.3 is 0 Å². The monoisotopic (exact) mass is 494 g/mol. The molecule has 0 atom stereocenters. The van der Waals surface area contributed by atoms with Gasteiger partial charge in [-0.2, -0.15) is 0 Å². The fourth-order valence-corrected chi connectivity index (χ4v) is 6.31. The first-order valence-corrected chi connectivity index (χ1v) is 13.6. The van der Waals surface area contributed by atoms with Crippen LogP contribution in [0.1, 0.15) is 5.56 Å². The van der Waals surface area contributed by atoms with Gasteiger partial charge in [-0.25, -0.2) is 0 Å². The molecule has 0 radical (unpaired) electrons. The lowest BCUT2D eigenvalue weighted by atomic mass is 9.87. The fraction of sp³-hybridized carbons (Fsp3) is 0.0256. The fourth-order valence-electron chi connectivity index (χ4n) is 6.31. The molecule has 39 heavy (non-hydrogen) atoms. The van der Waals surface area contributed by atoms with E-state index in [1.54, 1.807) is 0 Å². The van der Waals surface area contributed by atoms with Crippen molar-refractivity contribution < 1.29 is 0 Å². The molecule has 0 aliphatic heterocycles. The summed E-state index contributed by atoms with van der Waals surface area (Å²) < 4.78 is 0. The molecule has 0 amide bonds. The van der Waals surface area contributed by atoms with E-state index in [1.165, 1.54) is 81.7 Å². The third-order valence-electron chi connectivity index (χ3n) is 8.25. The van der Waals surface area contributed by atoms with E-state index in [9.17, 15) is 0 Å². The Balaban J connectivity index is 1.49. The van der Waals surface area contributed by atoms with E-state index in [2.05, 4.69) is 146 Å². The van der Waals surface area contributed by atoms with Gasteiger partial charge in [0.1, 0.15) is 0 Å². The smallest absolute Gasteiger partial charge is 0.00922 e. The van der Waals surface area contributed by atoms with Crippen LogP contribution in [0.5, 0.6) is 0 Å². The lowest BCUT2D eigenvalue weighted by Gasteiger charge is -2.17. The Bertz CT molecular complexity index is 2230. The average Bonchev–Trinajstić information content (AvgIpc) is 2.99. The van der Waals surface area contributed by atoms with E-state index >= 15 is 0 Å². The van der Waals surface area contributed by atoms with Crippen molar-refractivity contribution in [2.24, 2.45) is 0 Å². The second-order valence-electron chi connectivity index (χ2n) is 10.7. The minimum Gasteiger partial charge on any atom is -0.0616 e. The quantitative estimate of drug-likeness (QED) is 0.210. The van der Waals surface area contributed by atoms with E-state index in [4.69, 9.17) is 0 Å². The third-order valence-corrected chi connectivity index (χ3v) is 8.25. The predicted octanol–water partition coefficient (Wildman–Crippen LogP) is 11.1. The largest absolute Gasteiger partial charge is 0.0616 e. The third kappa shape index (κ3) is 3.53. The molecule has 0 unspecified atom stereocenters. The van der Waals surface area contributed by atoms with Crippen LogP contribution in [0.4, 0.5) is 0 Å². The maximum Gasteiger partial charge on any atom is -0.00922 e. The molecule has 8 aromatic carbocycles. The molecule has 0 saturated heterocycles. The average molecular weight is 495 g/mol. The molecule has 0 aliphatic carbocycles. The summed E-state index contributed by atoms with van der Waals surface area (Å²) in [4.78, 5) is 0. The summed E-state index contributed by atoms with van der Waals surface area (Å²) in [6.45, 7) is 2.19. The highest BCUT2D eigenvalue weighted by atomic mass is 14.2. The molecule has 0 saturated carbocycles. The summed E-state index contributed by atoms with van der Waals surface area (Å²) in [7, 11) is 0. The van der Waals surface area contributed by atoms with Crippen molar-refractivity contribution in [3.8, 4) is 22.3 Å². The second-order valence-corrected chi connectivity index (χ2v) is 10.7. The normalized spacial score (nSPS) is 11.7.